The van der Waals surface area contributed by atoms with Gasteiger partial charge in [-0.3, -0.25) is 0 Å². The van der Waals surface area contributed by atoms with E-state index in [-0.39, 0.29) is 0 Å². The van der Waals surface area contributed by atoms with Crippen molar-refractivity contribution in [1.29, 1.82) is 0 Å². The third-order valence-corrected chi connectivity index (χ3v) is 10.4. The van der Waals surface area contributed by atoms with Crippen LogP contribution in [0.1, 0.15) is 0 Å². The number of aromatic nitrogens is 1. The fourth-order valence-electron chi connectivity index (χ4n) is 6.75. The first kappa shape index (κ1) is 27.2. The summed E-state index contributed by atoms with van der Waals surface area (Å²) in [5.74, 6) is 0. The second kappa shape index (κ2) is 11.0. The van der Waals surface area contributed by atoms with Gasteiger partial charge in [0.05, 0.1) is 11.0 Å². The first-order valence-electron chi connectivity index (χ1n) is 15.4. The number of benzene rings is 7. The SMILES string of the molecule is Brc1cc(-c2ccc3c4ccccc4n(-c4ccc5sc6ccccc6c5c4)c3c2)cc(N(c2ccccc2)c2ccccc2)c1. The second-order valence-corrected chi connectivity index (χ2v) is 13.6. The normalized spacial score (nSPS) is 11.6. The molecule has 0 aliphatic heterocycles. The van der Waals surface area contributed by atoms with Gasteiger partial charge in [-0.25, -0.2) is 0 Å². The molecule has 7 aromatic carbocycles. The van der Waals surface area contributed by atoms with Crippen molar-refractivity contribution in [3.05, 3.63) is 168 Å². The Hall–Kier alpha value is -5.16. The average molecular weight is 672 g/mol. The zero-order chi connectivity index (χ0) is 30.6. The molecule has 218 valence electrons. The highest BCUT2D eigenvalue weighted by Gasteiger charge is 2.17. The number of nitrogens with zero attached hydrogens (tertiary/aromatic N) is 2. The number of rotatable bonds is 5. The first-order valence-corrected chi connectivity index (χ1v) is 17.0. The molecule has 0 amide bonds. The molecular formula is C42H27BrN2S. The summed E-state index contributed by atoms with van der Waals surface area (Å²) >= 11 is 5.72. The quantitative estimate of drug-likeness (QED) is 0.177. The van der Waals surface area contributed by atoms with Crippen LogP contribution in [0, 0.1) is 0 Å². The van der Waals surface area contributed by atoms with Crippen LogP contribution in [-0.2, 0) is 0 Å². The maximum absolute atomic E-state index is 3.86. The Balaban J connectivity index is 1.24. The molecule has 0 saturated carbocycles. The van der Waals surface area contributed by atoms with Gasteiger partial charge < -0.3 is 9.47 Å². The molecule has 46 heavy (non-hydrogen) atoms. The van der Waals surface area contributed by atoms with E-state index in [1.54, 1.807) is 0 Å². The molecule has 4 heteroatoms. The van der Waals surface area contributed by atoms with Gasteiger partial charge in [0.1, 0.15) is 0 Å². The molecule has 0 atom stereocenters. The standard InChI is InChI=1S/C42H27BrN2S/c43-30-23-29(24-34(26-30)44(31-11-3-1-4-12-31)32-13-5-2-6-14-32)28-19-21-36-35-15-7-9-17-39(35)45(40(36)25-28)33-20-22-42-38(27-33)37-16-8-10-18-41(37)46-42/h1-27H. The smallest absolute Gasteiger partial charge is 0.0547 e. The summed E-state index contributed by atoms with van der Waals surface area (Å²) in [4.78, 5) is 2.31. The minimum Gasteiger partial charge on any atom is -0.310 e. The Labute approximate surface area is 279 Å². The number of para-hydroxylation sites is 3. The maximum atomic E-state index is 3.86. The van der Waals surface area contributed by atoms with Crippen LogP contribution in [0.5, 0.6) is 0 Å². The number of halogens is 1. The van der Waals surface area contributed by atoms with Gasteiger partial charge in [0.25, 0.3) is 0 Å². The molecule has 0 fully saturated rings. The fraction of sp³-hybridized carbons (Fsp3) is 0. The molecule has 2 nitrogen and oxygen atoms in total. The second-order valence-electron chi connectivity index (χ2n) is 11.6. The van der Waals surface area contributed by atoms with Crippen molar-refractivity contribution in [2.45, 2.75) is 0 Å². The van der Waals surface area contributed by atoms with E-state index in [4.69, 9.17) is 0 Å². The molecule has 0 spiro atoms. The molecule has 0 aliphatic rings. The van der Waals surface area contributed by atoms with Crippen molar-refractivity contribution >= 4 is 86.3 Å². The average Bonchev–Trinajstić information content (AvgIpc) is 3.64. The van der Waals surface area contributed by atoms with E-state index >= 15 is 0 Å². The largest absolute Gasteiger partial charge is 0.310 e. The molecule has 9 aromatic rings. The van der Waals surface area contributed by atoms with Crippen molar-refractivity contribution in [2.75, 3.05) is 4.90 Å². The predicted molar refractivity (Wildman–Crippen MR) is 201 cm³/mol. The number of hydrogen-bond donors (Lipinski definition) is 0. The molecular weight excluding hydrogens is 644 g/mol. The van der Waals surface area contributed by atoms with E-state index in [0.29, 0.717) is 0 Å². The summed E-state index contributed by atoms with van der Waals surface area (Å²) in [6.07, 6.45) is 0. The van der Waals surface area contributed by atoms with Crippen LogP contribution >= 0.6 is 27.3 Å². The summed E-state index contributed by atoms with van der Waals surface area (Å²) in [6.45, 7) is 0. The first-order chi connectivity index (χ1) is 22.7. The van der Waals surface area contributed by atoms with E-state index in [9.17, 15) is 0 Å². The van der Waals surface area contributed by atoms with Crippen LogP contribution in [0.2, 0.25) is 0 Å². The van der Waals surface area contributed by atoms with E-state index in [2.05, 4.69) is 189 Å². The maximum Gasteiger partial charge on any atom is 0.0547 e. The highest BCUT2D eigenvalue weighted by atomic mass is 79.9. The van der Waals surface area contributed by atoms with Gasteiger partial charge in [-0.1, -0.05) is 101 Å². The lowest BCUT2D eigenvalue weighted by atomic mass is 10.0. The zero-order valence-electron chi connectivity index (χ0n) is 24.8. The molecule has 0 radical (unpaired) electrons. The van der Waals surface area contributed by atoms with Gasteiger partial charge in [0.15, 0.2) is 0 Å². The predicted octanol–water partition coefficient (Wildman–Crippen LogP) is 13.1. The fourth-order valence-corrected chi connectivity index (χ4v) is 8.32. The van der Waals surface area contributed by atoms with Gasteiger partial charge >= 0.3 is 0 Å². The minimum atomic E-state index is 1.03. The lowest BCUT2D eigenvalue weighted by Crippen LogP contribution is -2.09. The van der Waals surface area contributed by atoms with Crippen LogP contribution in [0.4, 0.5) is 17.1 Å². The lowest BCUT2D eigenvalue weighted by Gasteiger charge is -2.26. The van der Waals surface area contributed by atoms with E-state index in [0.717, 1.165) is 27.1 Å². The van der Waals surface area contributed by atoms with Crippen LogP contribution < -0.4 is 4.90 Å². The Morgan fingerprint density at radius 2 is 1.09 bits per heavy atom. The van der Waals surface area contributed by atoms with Gasteiger partial charge in [-0.05, 0) is 90.0 Å². The van der Waals surface area contributed by atoms with Crippen molar-refractivity contribution in [2.24, 2.45) is 0 Å². The molecule has 0 N–H and O–H groups in total. The summed E-state index contributed by atoms with van der Waals surface area (Å²) in [7, 11) is 0. The monoisotopic (exact) mass is 670 g/mol. The summed E-state index contributed by atoms with van der Waals surface area (Å²) in [5, 5.41) is 5.13. The molecule has 2 heterocycles. The Morgan fingerprint density at radius 1 is 0.435 bits per heavy atom. The number of fused-ring (bicyclic) bond motifs is 6. The van der Waals surface area contributed by atoms with Crippen LogP contribution in [0.25, 0.3) is 58.8 Å². The highest BCUT2D eigenvalue weighted by molar-refractivity contribution is 9.10. The van der Waals surface area contributed by atoms with Gasteiger partial charge in [0.2, 0.25) is 0 Å². The number of thiophene rings is 1. The summed E-state index contributed by atoms with van der Waals surface area (Å²) in [5.41, 5.74) is 9.23. The molecule has 0 unspecified atom stereocenters. The van der Waals surface area contributed by atoms with Crippen molar-refractivity contribution in [3.8, 4) is 16.8 Å². The van der Waals surface area contributed by atoms with Gasteiger partial charge in [-0.2, -0.15) is 0 Å². The van der Waals surface area contributed by atoms with Crippen LogP contribution in [0.3, 0.4) is 0 Å². The topological polar surface area (TPSA) is 8.17 Å². The Morgan fingerprint density at radius 3 is 1.87 bits per heavy atom. The lowest BCUT2D eigenvalue weighted by molar-refractivity contribution is 1.19. The van der Waals surface area contributed by atoms with Crippen LogP contribution in [-0.4, -0.2) is 4.57 Å². The highest BCUT2D eigenvalue weighted by Crippen LogP contribution is 2.41. The Bertz CT molecular complexity index is 2510. The van der Waals surface area contributed by atoms with E-state index in [1.165, 1.54) is 53.2 Å². The summed E-state index contributed by atoms with van der Waals surface area (Å²) in [6, 6.07) is 59.1. The van der Waals surface area contributed by atoms with Crippen LogP contribution in [0.15, 0.2) is 168 Å². The van der Waals surface area contributed by atoms with E-state index in [1.807, 2.05) is 11.3 Å². The molecule has 0 bridgehead atoms. The van der Waals surface area contributed by atoms with Gasteiger partial charge in [-0.15, -0.1) is 11.3 Å². The molecule has 0 aliphatic carbocycles. The number of hydrogen-bond acceptors (Lipinski definition) is 2. The number of anilines is 3. The van der Waals surface area contributed by atoms with Gasteiger partial charge in [0, 0.05) is 58.2 Å². The molecule has 2 aromatic heterocycles. The van der Waals surface area contributed by atoms with Crippen molar-refractivity contribution < 1.29 is 0 Å². The molecule has 9 rings (SSSR count). The third kappa shape index (κ3) is 4.53. The minimum absolute atomic E-state index is 1.03. The zero-order valence-corrected chi connectivity index (χ0v) is 27.2. The molecule has 0 saturated heterocycles. The summed E-state index contributed by atoms with van der Waals surface area (Å²) < 4.78 is 6.10. The van der Waals surface area contributed by atoms with E-state index < -0.39 is 0 Å². The third-order valence-electron chi connectivity index (χ3n) is 8.80. The Kier molecular flexibility index (Phi) is 6.51. The van der Waals surface area contributed by atoms with Crippen molar-refractivity contribution in [3.63, 3.8) is 0 Å². The van der Waals surface area contributed by atoms with Crippen molar-refractivity contribution in [1.82, 2.24) is 4.57 Å².